The van der Waals surface area contributed by atoms with Crippen LogP contribution in [0.25, 0.3) is 0 Å². The summed E-state index contributed by atoms with van der Waals surface area (Å²) in [5.41, 5.74) is 9.25. The molecule has 0 fully saturated rings. The van der Waals surface area contributed by atoms with Crippen molar-refractivity contribution in [3.8, 4) is 0 Å². The topological polar surface area (TPSA) is 43.1 Å². The maximum Gasteiger partial charge on any atom is 0.179 e. The van der Waals surface area contributed by atoms with Crippen LogP contribution < -0.4 is 22.1 Å². The monoisotopic (exact) mass is 239 g/mol. The van der Waals surface area contributed by atoms with Crippen molar-refractivity contribution in [2.24, 2.45) is 0 Å². The summed E-state index contributed by atoms with van der Waals surface area (Å²) >= 11 is 11.6. The van der Waals surface area contributed by atoms with Gasteiger partial charge in [0.1, 0.15) is 23.5 Å². The van der Waals surface area contributed by atoms with Gasteiger partial charge < -0.3 is 5.73 Å². The molecular formula is C8H10B3Cl2NO. The molecule has 0 heterocycles. The van der Waals surface area contributed by atoms with E-state index in [0.717, 1.165) is 16.4 Å². The van der Waals surface area contributed by atoms with E-state index < -0.39 is 0 Å². The lowest BCUT2D eigenvalue weighted by Crippen LogP contribution is -2.39. The van der Waals surface area contributed by atoms with Crippen molar-refractivity contribution in [2.75, 3.05) is 11.6 Å². The van der Waals surface area contributed by atoms with Crippen LogP contribution in [0.5, 0.6) is 0 Å². The molecule has 2 nitrogen and oxygen atoms in total. The minimum Gasteiger partial charge on any atom is -0.399 e. The lowest BCUT2D eigenvalue weighted by Gasteiger charge is -2.16. The second-order valence-corrected chi connectivity index (χ2v) is 4.18. The number of Topliss-reactive ketones (excluding diaryl/α,β-unsaturated/α-hetero) is 1. The van der Waals surface area contributed by atoms with Crippen LogP contribution in [0.4, 0.5) is 5.69 Å². The summed E-state index contributed by atoms with van der Waals surface area (Å²) < 4.78 is 0. The van der Waals surface area contributed by atoms with Gasteiger partial charge in [-0.15, -0.1) is 11.6 Å². The van der Waals surface area contributed by atoms with Crippen LogP contribution in [0.3, 0.4) is 0 Å². The lowest BCUT2D eigenvalue weighted by molar-refractivity contribution is 0.102. The molecule has 76 valence electrons. The zero-order valence-corrected chi connectivity index (χ0v) is 10.5. The molecule has 1 rings (SSSR count). The number of nitrogen functional groups attached to an aromatic ring is 1. The second-order valence-electron chi connectivity index (χ2n) is 3.53. The quantitative estimate of drug-likeness (QED) is 0.261. The Bertz CT molecular complexity index is 407. The lowest BCUT2D eigenvalue weighted by atomic mass is 9.72. The minimum atomic E-state index is -0.158. The summed E-state index contributed by atoms with van der Waals surface area (Å²) in [6.45, 7) is 0. The molecule has 0 amide bonds. The highest BCUT2D eigenvalue weighted by molar-refractivity contribution is 6.61. The van der Waals surface area contributed by atoms with Gasteiger partial charge in [-0.05, 0) is 5.46 Å². The third kappa shape index (κ3) is 2.04. The van der Waals surface area contributed by atoms with Crippen molar-refractivity contribution in [3.05, 3.63) is 10.6 Å². The van der Waals surface area contributed by atoms with E-state index >= 15 is 0 Å². The smallest absolute Gasteiger partial charge is 0.179 e. The second kappa shape index (κ2) is 4.54. The number of halogens is 2. The van der Waals surface area contributed by atoms with E-state index in [0.29, 0.717) is 16.3 Å². The molecule has 0 atom stereocenters. The Morgan fingerprint density at radius 1 is 1.20 bits per heavy atom. The van der Waals surface area contributed by atoms with Gasteiger partial charge in [-0.2, -0.15) is 0 Å². The van der Waals surface area contributed by atoms with Gasteiger partial charge in [0.2, 0.25) is 0 Å². The number of ketones is 1. The zero-order valence-electron chi connectivity index (χ0n) is 8.95. The summed E-state index contributed by atoms with van der Waals surface area (Å²) in [6.07, 6.45) is 0. The highest BCUT2D eigenvalue weighted by Gasteiger charge is 2.17. The van der Waals surface area contributed by atoms with Crippen molar-refractivity contribution in [1.82, 2.24) is 0 Å². The van der Waals surface area contributed by atoms with E-state index in [2.05, 4.69) is 0 Å². The van der Waals surface area contributed by atoms with E-state index in [1.807, 2.05) is 15.7 Å². The van der Waals surface area contributed by atoms with Gasteiger partial charge in [0.15, 0.2) is 5.78 Å². The standard InChI is InChI=1S/C8H10B3Cl2NO/c9-4-3(2(15)1-12)8(14)6(11)7(13)5(4)10/h1,9-11,14H2. The molecule has 0 saturated heterocycles. The van der Waals surface area contributed by atoms with Crippen molar-refractivity contribution < 1.29 is 4.79 Å². The van der Waals surface area contributed by atoms with E-state index in [-0.39, 0.29) is 11.7 Å². The predicted molar refractivity (Wildman–Crippen MR) is 75.4 cm³/mol. The Labute approximate surface area is 102 Å². The molecule has 7 heteroatoms. The number of hydrogen-bond donors (Lipinski definition) is 1. The molecule has 0 radical (unpaired) electrons. The number of rotatable bonds is 2. The van der Waals surface area contributed by atoms with Crippen LogP contribution in [-0.2, 0) is 0 Å². The van der Waals surface area contributed by atoms with Gasteiger partial charge in [-0.25, -0.2) is 0 Å². The highest BCUT2D eigenvalue weighted by atomic mass is 35.5. The maximum absolute atomic E-state index is 11.6. The number of hydrogen-bond acceptors (Lipinski definition) is 2. The molecule has 0 aliphatic rings. The molecule has 0 unspecified atom stereocenters. The Kier molecular flexibility index (Phi) is 3.79. The summed E-state index contributed by atoms with van der Waals surface area (Å²) in [4.78, 5) is 11.6. The van der Waals surface area contributed by atoms with Crippen LogP contribution in [0.2, 0.25) is 5.02 Å². The fourth-order valence-electron chi connectivity index (χ4n) is 1.57. The van der Waals surface area contributed by atoms with E-state index in [1.54, 1.807) is 7.85 Å². The van der Waals surface area contributed by atoms with E-state index in [9.17, 15) is 4.79 Å². The molecule has 0 aliphatic carbocycles. The van der Waals surface area contributed by atoms with Crippen LogP contribution >= 0.6 is 23.2 Å². The van der Waals surface area contributed by atoms with Gasteiger partial charge in [-0.1, -0.05) is 22.5 Å². The molecule has 0 spiro atoms. The number of carbonyl (C=O) groups is 1. The van der Waals surface area contributed by atoms with Crippen molar-refractivity contribution in [3.63, 3.8) is 0 Å². The van der Waals surface area contributed by atoms with Gasteiger partial charge in [0.05, 0.1) is 5.88 Å². The Hall–Kier alpha value is -0.535. The largest absolute Gasteiger partial charge is 0.399 e. The number of alkyl halides is 1. The molecule has 0 aliphatic heterocycles. The highest BCUT2D eigenvalue weighted by Crippen LogP contribution is 2.11. The summed E-state index contributed by atoms with van der Waals surface area (Å²) in [5.74, 6) is -0.222. The Morgan fingerprint density at radius 2 is 1.73 bits per heavy atom. The van der Waals surface area contributed by atoms with Crippen LogP contribution in [0.1, 0.15) is 10.4 Å². The first-order chi connectivity index (χ1) is 6.91. The summed E-state index contributed by atoms with van der Waals surface area (Å²) in [6, 6.07) is 0. The first-order valence-electron chi connectivity index (χ1n) is 4.55. The van der Waals surface area contributed by atoms with Crippen LogP contribution in [-0.4, -0.2) is 35.2 Å². The normalized spacial score (nSPS) is 10.3. The predicted octanol–water partition coefficient (Wildman–Crippen LogP) is -2.88. The van der Waals surface area contributed by atoms with Gasteiger partial charge in [0, 0.05) is 16.3 Å². The average molecular weight is 240 g/mol. The molecule has 1 aromatic carbocycles. The van der Waals surface area contributed by atoms with Gasteiger partial charge in [-0.3, -0.25) is 4.79 Å². The van der Waals surface area contributed by atoms with Gasteiger partial charge >= 0.3 is 0 Å². The number of nitrogens with two attached hydrogens (primary N) is 1. The fraction of sp³-hybridized carbons (Fsp3) is 0.125. The molecular weight excluding hydrogens is 229 g/mol. The molecule has 0 aromatic heterocycles. The molecule has 1 aromatic rings. The minimum absolute atomic E-state index is 0.0639. The zero-order chi connectivity index (χ0) is 11.7. The SMILES string of the molecule is Bc1c(B)c(C(=O)CCl)c(N)c(B)c1Cl. The Balaban J connectivity index is 3.60. The molecule has 0 bridgehead atoms. The van der Waals surface area contributed by atoms with Gasteiger partial charge in [0.25, 0.3) is 0 Å². The number of carbonyl (C=O) groups excluding carboxylic acids is 1. The summed E-state index contributed by atoms with van der Waals surface area (Å²) in [5, 5.41) is 0.621. The summed E-state index contributed by atoms with van der Waals surface area (Å²) in [7, 11) is 5.50. The van der Waals surface area contributed by atoms with E-state index in [4.69, 9.17) is 28.9 Å². The first kappa shape index (κ1) is 12.5. The molecule has 0 saturated carbocycles. The van der Waals surface area contributed by atoms with Crippen molar-refractivity contribution in [2.45, 2.75) is 0 Å². The van der Waals surface area contributed by atoms with E-state index in [1.165, 1.54) is 0 Å². The van der Waals surface area contributed by atoms with Crippen LogP contribution in [0, 0.1) is 0 Å². The fourth-order valence-corrected chi connectivity index (χ4v) is 1.94. The number of benzene rings is 1. The average Bonchev–Trinajstić information content (AvgIpc) is 2.23. The van der Waals surface area contributed by atoms with Crippen LogP contribution in [0.15, 0.2) is 0 Å². The van der Waals surface area contributed by atoms with Crippen molar-refractivity contribution >= 4 is 74.6 Å². The maximum atomic E-state index is 11.6. The third-order valence-electron chi connectivity index (χ3n) is 2.67. The third-order valence-corrected chi connectivity index (χ3v) is 3.48. The number of anilines is 1. The molecule has 2 N–H and O–H groups in total. The Morgan fingerprint density at radius 3 is 2.20 bits per heavy atom. The first-order valence-corrected chi connectivity index (χ1v) is 5.47. The molecule has 15 heavy (non-hydrogen) atoms. The van der Waals surface area contributed by atoms with Crippen molar-refractivity contribution in [1.29, 1.82) is 0 Å².